The van der Waals surface area contributed by atoms with Gasteiger partial charge in [-0.2, -0.15) is 10.1 Å². The maximum atomic E-state index is 12.2. The highest BCUT2D eigenvalue weighted by atomic mass is 16.5. The quantitative estimate of drug-likeness (QED) is 0.798. The summed E-state index contributed by atoms with van der Waals surface area (Å²) in [4.78, 5) is 22.6. The third kappa shape index (κ3) is 3.09. The molecule has 0 aromatic carbocycles. The summed E-state index contributed by atoms with van der Waals surface area (Å²) >= 11 is 0. The summed E-state index contributed by atoms with van der Waals surface area (Å²) < 4.78 is 7.42. The van der Waals surface area contributed by atoms with Crippen LogP contribution in [-0.2, 0) is 6.54 Å². The Morgan fingerprint density at radius 2 is 2.11 bits per heavy atom. The van der Waals surface area contributed by atoms with E-state index in [-0.39, 0.29) is 6.03 Å². The van der Waals surface area contributed by atoms with Crippen LogP contribution in [0.5, 0.6) is 0 Å². The molecule has 0 bridgehead atoms. The van der Waals surface area contributed by atoms with Gasteiger partial charge >= 0.3 is 6.03 Å². The van der Waals surface area contributed by atoms with Gasteiger partial charge in [0.25, 0.3) is 0 Å². The number of urea groups is 1. The topological polar surface area (TPSA) is 83.5 Å². The molecular formula is C18H25N7O2. The minimum absolute atomic E-state index is 0.0435. The number of carbonyl (C=O) groups excluding carboxylic acids is 1. The van der Waals surface area contributed by atoms with E-state index in [1.807, 2.05) is 17.9 Å². The van der Waals surface area contributed by atoms with Gasteiger partial charge in [0.1, 0.15) is 0 Å². The molecule has 2 aromatic heterocycles. The number of nitrogens with zero attached hydrogens (tertiary/aromatic N) is 7. The lowest BCUT2D eigenvalue weighted by molar-refractivity contribution is 0.229. The van der Waals surface area contributed by atoms with Gasteiger partial charge in [-0.25, -0.2) is 4.79 Å². The van der Waals surface area contributed by atoms with Crippen molar-refractivity contribution in [1.82, 2.24) is 29.7 Å². The number of aromatic nitrogens is 4. The van der Waals surface area contributed by atoms with Gasteiger partial charge in [0, 0.05) is 45.3 Å². The van der Waals surface area contributed by atoms with Crippen LogP contribution < -0.4 is 4.90 Å². The Labute approximate surface area is 157 Å². The van der Waals surface area contributed by atoms with Crippen molar-refractivity contribution in [3.63, 3.8) is 0 Å². The molecular weight excluding hydrogens is 346 g/mol. The molecule has 2 amide bonds. The Morgan fingerprint density at radius 1 is 1.22 bits per heavy atom. The van der Waals surface area contributed by atoms with Gasteiger partial charge in [-0.1, -0.05) is 11.6 Å². The second-order valence-electron chi connectivity index (χ2n) is 7.89. The molecule has 27 heavy (non-hydrogen) atoms. The third-order valence-electron chi connectivity index (χ3n) is 6.04. The molecule has 2 saturated heterocycles. The second kappa shape index (κ2) is 6.63. The lowest BCUT2D eigenvalue weighted by atomic mass is 9.85. The summed E-state index contributed by atoms with van der Waals surface area (Å²) in [6.45, 7) is 4.09. The molecule has 9 nitrogen and oxygen atoms in total. The minimum atomic E-state index is 0.0435. The van der Waals surface area contributed by atoms with Gasteiger partial charge in [-0.15, -0.1) is 0 Å². The van der Waals surface area contributed by atoms with Gasteiger partial charge < -0.3 is 9.42 Å². The van der Waals surface area contributed by atoms with Crippen LogP contribution >= 0.6 is 0 Å². The first kappa shape index (κ1) is 16.7. The van der Waals surface area contributed by atoms with Gasteiger partial charge in [0.2, 0.25) is 5.89 Å². The molecule has 5 rings (SSSR count). The van der Waals surface area contributed by atoms with E-state index in [1.54, 1.807) is 16.0 Å². The fourth-order valence-corrected chi connectivity index (χ4v) is 4.08. The minimum Gasteiger partial charge on any atom is -0.339 e. The number of anilines is 1. The van der Waals surface area contributed by atoms with Crippen molar-refractivity contribution in [3.8, 4) is 0 Å². The molecule has 3 fully saturated rings. The second-order valence-corrected chi connectivity index (χ2v) is 7.89. The van der Waals surface area contributed by atoms with E-state index in [0.717, 1.165) is 56.5 Å². The standard InChI is InChI=1S/C18H25N7O2/c1-22-7-8-24(18(22)26)15-9-19-25(11-15)14-5-6-23(10-14)12-16-20-17(27-21-16)13-3-2-4-13/h9,11,13-14H,2-8,10,12H2,1H3. The zero-order chi connectivity index (χ0) is 18.4. The predicted molar refractivity (Wildman–Crippen MR) is 97.4 cm³/mol. The molecule has 4 heterocycles. The van der Waals surface area contributed by atoms with Crippen molar-refractivity contribution < 1.29 is 9.32 Å². The van der Waals surface area contributed by atoms with E-state index in [4.69, 9.17) is 4.52 Å². The van der Waals surface area contributed by atoms with Crippen molar-refractivity contribution in [2.75, 3.05) is 38.1 Å². The summed E-state index contributed by atoms with van der Waals surface area (Å²) in [5, 5.41) is 8.67. The van der Waals surface area contributed by atoms with Crippen LogP contribution in [0.1, 0.15) is 49.4 Å². The average molecular weight is 371 g/mol. The van der Waals surface area contributed by atoms with Crippen LogP contribution in [0.4, 0.5) is 10.5 Å². The molecule has 0 N–H and O–H groups in total. The molecule has 0 radical (unpaired) electrons. The van der Waals surface area contributed by atoms with E-state index in [1.165, 1.54) is 19.3 Å². The SMILES string of the molecule is CN1CCN(c2cnn(C3CCN(Cc4noc(C5CCC5)n4)C3)c2)C1=O. The Balaban J connectivity index is 1.20. The Morgan fingerprint density at radius 3 is 2.85 bits per heavy atom. The zero-order valence-electron chi connectivity index (χ0n) is 15.6. The highest BCUT2D eigenvalue weighted by Gasteiger charge is 2.30. The molecule has 1 saturated carbocycles. The van der Waals surface area contributed by atoms with Gasteiger partial charge in [-0.05, 0) is 19.3 Å². The average Bonchev–Trinajstić information content (AvgIpc) is 3.37. The summed E-state index contributed by atoms with van der Waals surface area (Å²) in [5.41, 5.74) is 0.881. The Hall–Kier alpha value is -2.42. The molecule has 2 aromatic rings. The van der Waals surface area contributed by atoms with Gasteiger partial charge in [0.05, 0.1) is 24.5 Å². The van der Waals surface area contributed by atoms with Crippen molar-refractivity contribution in [2.24, 2.45) is 0 Å². The maximum Gasteiger partial charge on any atom is 0.324 e. The summed E-state index contributed by atoms with van der Waals surface area (Å²) in [5.74, 6) is 2.07. The first-order chi connectivity index (χ1) is 13.2. The van der Waals surface area contributed by atoms with Crippen LogP contribution in [0, 0.1) is 0 Å². The lowest BCUT2D eigenvalue weighted by Crippen LogP contribution is -2.28. The van der Waals surface area contributed by atoms with Crippen molar-refractivity contribution in [3.05, 3.63) is 24.1 Å². The van der Waals surface area contributed by atoms with Crippen LogP contribution in [0.3, 0.4) is 0 Å². The van der Waals surface area contributed by atoms with Crippen LogP contribution in [-0.4, -0.2) is 69.0 Å². The maximum absolute atomic E-state index is 12.2. The number of likely N-dealkylation sites (N-methyl/N-ethyl adjacent to an activating group) is 1. The van der Waals surface area contributed by atoms with E-state index in [0.29, 0.717) is 12.0 Å². The number of carbonyl (C=O) groups is 1. The molecule has 1 aliphatic carbocycles. The highest BCUT2D eigenvalue weighted by Crippen LogP contribution is 2.35. The van der Waals surface area contributed by atoms with E-state index in [2.05, 4.69) is 20.1 Å². The summed E-state index contributed by atoms with van der Waals surface area (Å²) in [6.07, 6.45) is 8.43. The molecule has 1 atom stereocenters. The lowest BCUT2D eigenvalue weighted by Gasteiger charge is -2.20. The monoisotopic (exact) mass is 371 g/mol. The van der Waals surface area contributed by atoms with E-state index in [9.17, 15) is 4.79 Å². The molecule has 1 unspecified atom stereocenters. The largest absolute Gasteiger partial charge is 0.339 e. The third-order valence-corrected chi connectivity index (χ3v) is 6.04. The van der Waals surface area contributed by atoms with Crippen LogP contribution in [0.25, 0.3) is 0 Å². The molecule has 144 valence electrons. The van der Waals surface area contributed by atoms with Crippen molar-refractivity contribution >= 4 is 11.7 Å². The first-order valence-corrected chi connectivity index (χ1v) is 9.79. The number of rotatable bonds is 5. The summed E-state index contributed by atoms with van der Waals surface area (Å²) in [7, 11) is 1.83. The zero-order valence-corrected chi connectivity index (χ0v) is 15.6. The first-order valence-electron chi connectivity index (χ1n) is 9.79. The number of likely N-dealkylation sites (tertiary alicyclic amines) is 1. The number of hydrogen-bond acceptors (Lipinski definition) is 6. The van der Waals surface area contributed by atoms with Gasteiger partial charge in [0.15, 0.2) is 5.82 Å². The molecule has 0 spiro atoms. The van der Waals surface area contributed by atoms with Crippen molar-refractivity contribution in [1.29, 1.82) is 0 Å². The normalized spacial score (nSPS) is 24.2. The fourth-order valence-electron chi connectivity index (χ4n) is 4.08. The summed E-state index contributed by atoms with van der Waals surface area (Å²) in [6, 6.07) is 0.356. The predicted octanol–water partition coefficient (Wildman–Crippen LogP) is 1.85. The molecule has 2 aliphatic heterocycles. The fraction of sp³-hybridized carbons (Fsp3) is 0.667. The molecule has 3 aliphatic rings. The Kier molecular flexibility index (Phi) is 4.11. The van der Waals surface area contributed by atoms with Gasteiger partial charge in [-0.3, -0.25) is 14.5 Å². The Bertz CT molecular complexity index is 827. The number of hydrogen-bond donors (Lipinski definition) is 0. The van der Waals surface area contributed by atoms with Crippen LogP contribution in [0.2, 0.25) is 0 Å². The van der Waals surface area contributed by atoms with E-state index < -0.39 is 0 Å². The van der Waals surface area contributed by atoms with E-state index >= 15 is 0 Å². The number of amides is 2. The van der Waals surface area contributed by atoms with Crippen LogP contribution in [0.15, 0.2) is 16.9 Å². The smallest absolute Gasteiger partial charge is 0.324 e. The van der Waals surface area contributed by atoms with Crippen molar-refractivity contribution in [2.45, 2.75) is 44.2 Å². The molecule has 9 heteroatoms. The highest BCUT2D eigenvalue weighted by molar-refractivity contribution is 5.93.